The molecule has 0 saturated heterocycles. The summed E-state index contributed by atoms with van der Waals surface area (Å²) in [5.74, 6) is 2.17. The molecule has 19 heavy (non-hydrogen) atoms. The number of hydrogen-bond acceptors (Lipinski definition) is 3. The van der Waals surface area contributed by atoms with Crippen LogP contribution in [0.1, 0.15) is 46.5 Å². The highest BCUT2D eigenvalue weighted by molar-refractivity contribution is 8.16. The van der Waals surface area contributed by atoms with Gasteiger partial charge in [0.1, 0.15) is 4.75 Å². The molecule has 1 aliphatic heterocycles. The van der Waals surface area contributed by atoms with E-state index in [-0.39, 0.29) is 16.8 Å². The van der Waals surface area contributed by atoms with Crippen molar-refractivity contribution in [3.63, 3.8) is 0 Å². The van der Waals surface area contributed by atoms with Crippen molar-refractivity contribution in [3.05, 3.63) is 0 Å². The fraction of sp³-hybridized carbons (Fsp3) is 0.867. The van der Waals surface area contributed by atoms with Gasteiger partial charge in [-0.2, -0.15) is 0 Å². The van der Waals surface area contributed by atoms with Crippen LogP contribution in [-0.4, -0.2) is 26.9 Å². The second-order valence-electron chi connectivity index (χ2n) is 6.93. The molecule has 3 rings (SSSR count). The van der Waals surface area contributed by atoms with Crippen molar-refractivity contribution >= 4 is 22.7 Å². The van der Waals surface area contributed by atoms with Gasteiger partial charge >= 0.3 is 0 Å². The number of fused-ring (bicyclic) bond motifs is 2. The van der Waals surface area contributed by atoms with Crippen molar-refractivity contribution < 1.29 is 9.90 Å². The number of aliphatic imine (C=N–C) groups is 1. The van der Waals surface area contributed by atoms with Gasteiger partial charge in [0.15, 0.2) is 0 Å². The first-order valence-electron chi connectivity index (χ1n) is 7.39. The first-order valence-corrected chi connectivity index (χ1v) is 8.21. The first kappa shape index (κ1) is 13.6. The Morgan fingerprint density at radius 3 is 2.58 bits per heavy atom. The molecule has 1 amide bonds. The van der Waals surface area contributed by atoms with Crippen LogP contribution in [0.2, 0.25) is 0 Å². The van der Waals surface area contributed by atoms with E-state index in [1.165, 1.54) is 6.42 Å². The summed E-state index contributed by atoms with van der Waals surface area (Å²) >= 11 is 1.68. The third-order valence-corrected chi connectivity index (χ3v) is 7.05. The Hall–Kier alpha value is -0.350. The van der Waals surface area contributed by atoms with Crippen molar-refractivity contribution in [1.82, 2.24) is 0 Å². The highest BCUT2D eigenvalue weighted by Crippen LogP contribution is 2.51. The molecule has 0 aromatic heterocycles. The monoisotopic (exact) mass is 281 g/mol. The Labute approximate surface area is 119 Å². The van der Waals surface area contributed by atoms with Crippen LogP contribution in [0.15, 0.2) is 4.99 Å². The minimum Gasteiger partial charge on any atom is -0.393 e. The van der Waals surface area contributed by atoms with E-state index in [0.717, 1.165) is 24.3 Å². The molecule has 2 aliphatic carbocycles. The highest BCUT2D eigenvalue weighted by Gasteiger charge is 2.48. The molecule has 3 aliphatic rings. The van der Waals surface area contributed by atoms with E-state index < -0.39 is 0 Å². The average molecular weight is 281 g/mol. The molecule has 1 N–H and O–H groups in total. The van der Waals surface area contributed by atoms with Crippen LogP contribution in [0.3, 0.4) is 0 Å². The van der Waals surface area contributed by atoms with Crippen molar-refractivity contribution in [3.8, 4) is 0 Å². The van der Waals surface area contributed by atoms with Gasteiger partial charge in [-0.1, -0.05) is 25.6 Å². The van der Waals surface area contributed by atoms with Crippen molar-refractivity contribution in [1.29, 1.82) is 0 Å². The molecule has 0 spiro atoms. The zero-order valence-electron chi connectivity index (χ0n) is 11.9. The van der Waals surface area contributed by atoms with Gasteiger partial charge in [0.05, 0.1) is 11.1 Å². The van der Waals surface area contributed by atoms with E-state index >= 15 is 0 Å². The number of carbonyl (C=O) groups is 1. The number of hydrogen-bond donors (Lipinski definition) is 1. The Morgan fingerprint density at radius 1 is 1.37 bits per heavy atom. The van der Waals surface area contributed by atoms with Crippen LogP contribution in [0.4, 0.5) is 0 Å². The first-order chi connectivity index (χ1) is 8.90. The molecule has 3 nitrogen and oxygen atoms in total. The van der Waals surface area contributed by atoms with Crippen molar-refractivity contribution in [2.75, 3.05) is 0 Å². The number of aliphatic hydroxyl groups is 1. The maximum absolute atomic E-state index is 12.1. The molecule has 1 heterocycles. The third-order valence-electron chi connectivity index (χ3n) is 5.49. The van der Waals surface area contributed by atoms with E-state index in [0.29, 0.717) is 23.7 Å². The van der Waals surface area contributed by atoms with Gasteiger partial charge < -0.3 is 5.11 Å². The van der Waals surface area contributed by atoms with E-state index in [1.807, 2.05) is 6.92 Å². The lowest BCUT2D eigenvalue weighted by Crippen LogP contribution is -2.33. The predicted molar refractivity (Wildman–Crippen MR) is 78.2 cm³/mol. The summed E-state index contributed by atoms with van der Waals surface area (Å²) < 4.78 is -0.355. The van der Waals surface area contributed by atoms with Gasteiger partial charge in [-0.05, 0) is 56.3 Å². The minimum absolute atomic E-state index is 0.0469. The largest absolute Gasteiger partial charge is 0.393 e. The Morgan fingerprint density at radius 2 is 2.11 bits per heavy atom. The van der Waals surface area contributed by atoms with Gasteiger partial charge in [0.2, 0.25) is 0 Å². The van der Waals surface area contributed by atoms with Crippen LogP contribution in [0.5, 0.6) is 0 Å². The fourth-order valence-corrected chi connectivity index (χ4v) is 5.11. The molecule has 0 aromatic rings. The normalized spacial score (nSPS) is 45.3. The summed E-state index contributed by atoms with van der Waals surface area (Å²) in [4.78, 5) is 16.4. The van der Waals surface area contributed by atoms with E-state index in [1.54, 1.807) is 11.8 Å². The quantitative estimate of drug-likeness (QED) is 0.865. The van der Waals surface area contributed by atoms with Crippen LogP contribution >= 0.6 is 11.8 Å². The van der Waals surface area contributed by atoms with E-state index in [2.05, 4.69) is 18.8 Å². The zero-order valence-corrected chi connectivity index (χ0v) is 12.7. The van der Waals surface area contributed by atoms with Gasteiger partial charge in [-0.3, -0.25) is 4.79 Å². The Bertz CT molecular complexity index is 432. The van der Waals surface area contributed by atoms with E-state index in [9.17, 15) is 9.90 Å². The number of carbonyl (C=O) groups excluding carboxylic acids is 1. The molecule has 2 bridgehead atoms. The highest BCUT2D eigenvalue weighted by atomic mass is 32.2. The lowest BCUT2D eigenvalue weighted by molar-refractivity contribution is -0.120. The lowest BCUT2D eigenvalue weighted by Gasteiger charge is -2.27. The van der Waals surface area contributed by atoms with Gasteiger partial charge in [0.25, 0.3) is 5.91 Å². The summed E-state index contributed by atoms with van der Waals surface area (Å²) in [5.41, 5.74) is 0. The molecular formula is C15H23NO2S. The fourth-order valence-electron chi connectivity index (χ4n) is 3.83. The number of thioether (sulfide) groups is 1. The average Bonchev–Trinajstić information content (AvgIpc) is 2.94. The molecule has 2 fully saturated rings. The van der Waals surface area contributed by atoms with Crippen LogP contribution in [0, 0.1) is 23.7 Å². The van der Waals surface area contributed by atoms with Gasteiger partial charge in [0, 0.05) is 0 Å². The topological polar surface area (TPSA) is 49.7 Å². The molecule has 0 radical (unpaired) electrons. The predicted octanol–water partition coefficient (Wildman–Crippen LogP) is 2.87. The smallest absolute Gasteiger partial charge is 0.263 e. The SMILES string of the molecule is CC(C)[C@]1(C)SC(C[C@H]2C[C@H]3C[C@@H]2C[C@@H]3O)=NC1=O. The summed E-state index contributed by atoms with van der Waals surface area (Å²) in [6.45, 7) is 6.21. The number of rotatable bonds is 3. The molecule has 106 valence electrons. The molecular weight excluding hydrogens is 258 g/mol. The van der Waals surface area contributed by atoms with Gasteiger partial charge in [-0.15, -0.1) is 0 Å². The van der Waals surface area contributed by atoms with E-state index in [4.69, 9.17) is 0 Å². The number of amides is 1. The maximum atomic E-state index is 12.1. The van der Waals surface area contributed by atoms with Crippen molar-refractivity contribution in [2.24, 2.45) is 28.7 Å². The summed E-state index contributed by atoms with van der Waals surface area (Å²) in [6.07, 6.45) is 4.15. The Balaban J connectivity index is 1.64. The maximum Gasteiger partial charge on any atom is 0.263 e. The summed E-state index contributed by atoms with van der Waals surface area (Å²) in [7, 11) is 0. The molecule has 5 atom stereocenters. The molecule has 2 saturated carbocycles. The van der Waals surface area contributed by atoms with Crippen LogP contribution in [-0.2, 0) is 4.79 Å². The van der Waals surface area contributed by atoms with Gasteiger partial charge in [-0.25, -0.2) is 4.99 Å². The molecule has 0 aromatic carbocycles. The number of nitrogens with zero attached hydrogens (tertiary/aromatic N) is 1. The van der Waals surface area contributed by atoms with Crippen molar-refractivity contribution in [2.45, 2.75) is 57.3 Å². The molecule has 4 heteroatoms. The third kappa shape index (κ3) is 2.17. The zero-order chi connectivity index (χ0) is 13.8. The lowest BCUT2D eigenvalue weighted by atomic mass is 9.85. The minimum atomic E-state index is -0.355. The Kier molecular flexibility index (Phi) is 3.29. The number of aliphatic hydroxyl groups excluding tert-OH is 1. The molecule has 0 unspecified atom stereocenters. The summed E-state index contributed by atoms with van der Waals surface area (Å²) in [6, 6.07) is 0. The summed E-state index contributed by atoms with van der Waals surface area (Å²) in [5, 5.41) is 10.8. The standard InChI is InChI=1S/C15H23NO2S/c1-8(2)15(3)14(18)16-13(19-15)7-10-5-11-4-9(10)6-12(11)17/h8-12,17H,4-7H2,1-3H3/t9-,10-,11-,12+,15+/m1/s1. The second-order valence-corrected chi connectivity index (χ2v) is 8.46. The second kappa shape index (κ2) is 4.59. The van der Waals surface area contributed by atoms with Crippen LogP contribution < -0.4 is 0 Å². The van der Waals surface area contributed by atoms with Crippen LogP contribution in [0.25, 0.3) is 0 Å².